The molecule has 1 aliphatic heterocycles. The lowest BCUT2D eigenvalue weighted by Crippen LogP contribution is -2.42. The van der Waals surface area contributed by atoms with E-state index in [2.05, 4.69) is 0 Å². The van der Waals surface area contributed by atoms with Gasteiger partial charge in [-0.1, -0.05) is 23.7 Å². The van der Waals surface area contributed by atoms with Gasteiger partial charge in [0, 0.05) is 18.1 Å². The molecule has 0 bridgehead atoms. The number of halogens is 1. The van der Waals surface area contributed by atoms with Crippen LogP contribution in [0.1, 0.15) is 29.5 Å². The van der Waals surface area contributed by atoms with Crippen molar-refractivity contribution in [2.24, 2.45) is 0 Å². The molecule has 1 saturated carbocycles. The van der Waals surface area contributed by atoms with E-state index in [4.69, 9.17) is 21.1 Å². The van der Waals surface area contributed by atoms with Gasteiger partial charge in [0.15, 0.2) is 11.5 Å². The molecule has 0 atom stereocenters. The van der Waals surface area contributed by atoms with E-state index in [1.165, 1.54) is 5.56 Å². The monoisotopic (exact) mass is 371 g/mol. The lowest BCUT2D eigenvalue weighted by atomic mass is 9.92. The fourth-order valence-electron chi connectivity index (χ4n) is 3.90. The highest BCUT2D eigenvalue weighted by Crippen LogP contribution is 2.50. The Morgan fingerprint density at radius 2 is 1.77 bits per heavy atom. The number of hydrogen-bond acceptors (Lipinski definition) is 3. The first-order valence-electron chi connectivity index (χ1n) is 8.86. The van der Waals surface area contributed by atoms with Gasteiger partial charge in [0.1, 0.15) is 0 Å². The second-order valence-corrected chi connectivity index (χ2v) is 7.48. The lowest BCUT2D eigenvalue weighted by Gasteiger charge is -2.32. The van der Waals surface area contributed by atoms with E-state index >= 15 is 0 Å². The van der Waals surface area contributed by atoms with Crippen molar-refractivity contribution in [1.29, 1.82) is 0 Å². The van der Waals surface area contributed by atoms with Gasteiger partial charge < -0.3 is 14.4 Å². The zero-order valence-corrected chi connectivity index (χ0v) is 15.8. The molecule has 2 aromatic carbocycles. The van der Waals surface area contributed by atoms with Crippen LogP contribution in [0.15, 0.2) is 36.4 Å². The number of fused-ring (bicyclic) bond motifs is 1. The van der Waals surface area contributed by atoms with Gasteiger partial charge in [-0.3, -0.25) is 4.79 Å². The van der Waals surface area contributed by atoms with Crippen molar-refractivity contribution < 1.29 is 14.3 Å². The summed E-state index contributed by atoms with van der Waals surface area (Å²) in [5.41, 5.74) is 3.00. The fraction of sp³-hybridized carbons (Fsp3) is 0.381. The summed E-state index contributed by atoms with van der Waals surface area (Å²) in [4.78, 5) is 15.3. The third kappa shape index (κ3) is 2.82. The molecule has 0 spiro atoms. The van der Waals surface area contributed by atoms with Crippen LogP contribution in [-0.2, 0) is 23.2 Å². The Kier molecular flexibility index (Phi) is 4.31. The molecule has 0 N–H and O–H groups in total. The van der Waals surface area contributed by atoms with Crippen LogP contribution in [0.5, 0.6) is 11.5 Å². The minimum atomic E-state index is -0.390. The molecule has 1 heterocycles. The van der Waals surface area contributed by atoms with Gasteiger partial charge in [-0.05, 0) is 60.2 Å². The van der Waals surface area contributed by atoms with E-state index in [9.17, 15) is 4.79 Å². The summed E-state index contributed by atoms with van der Waals surface area (Å²) in [7, 11) is 3.28. The number of nitrogens with zero attached hydrogens (tertiary/aromatic N) is 1. The number of carbonyl (C=O) groups excluding carboxylic acids is 1. The van der Waals surface area contributed by atoms with Crippen LogP contribution in [0.2, 0.25) is 5.02 Å². The highest BCUT2D eigenvalue weighted by Gasteiger charge is 2.53. The van der Waals surface area contributed by atoms with Crippen LogP contribution >= 0.6 is 11.6 Å². The first-order valence-corrected chi connectivity index (χ1v) is 9.24. The van der Waals surface area contributed by atoms with Gasteiger partial charge in [-0.25, -0.2) is 0 Å². The maximum Gasteiger partial charge on any atom is 0.233 e. The van der Waals surface area contributed by atoms with Crippen LogP contribution in [0.4, 0.5) is 0 Å². The van der Waals surface area contributed by atoms with Gasteiger partial charge in [0.25, 0.3) is 0 Å². The second kappa shape index (κ2) is 6.51. The second-order valence-electron chi connectivity index (χ2n) is 7.05. The van der Waals surface area contributed by atoms with Gasteiger partial charge >= 0.3 is 0 Å². The van der Waals surface area contributed by atoms with E-state index < -0.39 is 0 Å². The molecule has 0 saturated heterocycles. The number of rotatable bonds is 4. The normalized spacial score (nSPS) is 17.4. The number of benzene rings is 2. The Bertz CT molecular complexity index is 860. The minimum Gasteiger partial charge on any atom is -0.493 e. The smallest absolute Gasteiger partial charge is 0.233 e. The van der Waals surface area contributed by atoms with Crippen molar-refractivity contribution in [2.45, 2.75) is 31.2 Å². The van der Waals surface area contributed by atoms with Crippen molar-refractivity contribution in [1.82, 2.24) is 4.90 Å². The first kappa shape index (κ1) is 17.2. The summed E-state index contributed by atoms with van der Waals surface area (Å²) in [5, 5.41) is 0.683. The molecule has 1 aliphatic carbocycles. The van der Waals surface area contributed by atoms with Crippen LogP contribution in [0.3, 0.4) is 0 Å². The van der Waals surface area contributed by atoms with Crippen molar-refractivity contribution in [3.05, 3.63) is 58.1 Å². The molecule has 1 fully saturated rings. The molecule has 136 valence electrons. The minimum absolute atomic E-state index is 0.209. The fourth-order valence-corrected chi connectivity index (χ4v) is 4.09. The topological polar surface area (TPSA) is 38.8 Å². The van der Waals surface area contributed by atoms with Crippen molar-refractivity contribution >= 4 is 17.5 Å². The molecule has 0 aromatic heterocycles. The molecule has 4 rings (SSSR count). The number of ether oxygens (including phenoxy) is 2. The van der Waals surface area contributed by atoms with Crippen molar-refractivity contribution in [2.75, 3.05) is 20.8 Å². The maximum atomic E-state index is 13.3. The Morgan fingerprint density at radius 3 is 2.38 bits per heavy atom. The van der Waals surface area contributed by atoms with E-state index in [-0.39, 0.29) is 11.3 Å². The lowest BCUT2D eigenvalue weighted by molar-refractivity contribution is -0.134. The summed E-state index contributed by atoms with van der Waals surface area (Å²) in [6.07, 6.45) is 2.61. The molecule has 4 nitrogen and oxygen atoms in total. The molecular weight excluding hydrogens is 350 g/mol. The highest BCUT2D eigenvalue weighted by molar-refractivity contribution is 6.30. The molecule has 1 amide bonds. The Hall–Kier alpha value is -2.20. The van der Waals surface area contributed by atoms with Crippen LogP contribution < -0.4 is 9.47 Å². The number of amides is 1. The molecular formula is C21H22ClNO3. The van der Waals surface area contributed by atoms with E-state index in [1.807, 2.05) is 41.3 Å². The average molecular weight is 372 g/mol. The van der Waals surface area contributed by atoms with Gasteiger partial charge in [-0.15, -0.1) is 0 Å². The standard InChI is InChI=1S/C21H22ClNO3/c1-25-18-10-14-6-9-23(13-15(14)11-19(18)26-2)20(24)21(7-8-21)16-4-3-5-17(22)12-16/h3-5,10-12H,6-9,13H2,1-2H3. The first-order chi connectivity index (χ1) is 12.6. The predicted octanol–water partition coefficient (Wildman–Crippen LogP) is 3.97. The molecule has 0 radical (unpaired) electrons. The number of carbonyl (C=O) groups is 1. The summed E-state index contributed by atoms with van der Waals surface area (Å²) >= 11 is 6.15. The number of hydrogen-bond donors (Lipinski definition) is 0. The highest BCUT2D eigenvalue weighted by atomic mass is 35.5. The molecule has 0 unspecified atom stereocenters. The summed E-state index contributed by atoms with van der Waals surface area (Å²) in [5.74, 6) is 1.65. The Labute approximate surface area is 158 Å². The number of methoxy groups -OCH3 is 2. The predicted molar refractivity (Wildman–Crippen MR) is 101 cm³/mol. The van der Waals surface area contributed by atoms with Crippen LogP contribution in [-0.4, -0.2) is 31.6 Å². The maximum absolute atomic E-state index is 13.3. The van der Waals surface area contributed by atoms with Crippen LogP contribution in [0, 0.1) is 0 Å². The van der Waals surface area contributed by atoms with Gasteiger partial charge in [0.2, 0.25) is 5.91 Å². The van der Waals surface area contributed by atoms with Crippen molar-refractivity contribution in [3.63, 3.8) is 0 Å². The van der Waals surface area contributed by atoms with Crippen molar-refractivity contribution in [3.8, 4) is 11.5 Å². The van der Waals surface area contributed by atoms with E-state index in [1.54, 1.807) is 14.2 Å². The molecule has 2 aliphatic rings. The van der Waals surface area contributed by atoms with Gasteiger partial charge in [-0.2, -0.15) is 0 Å². The zero-order valence-electron chi connectivity index (χ0n) is 15.0. The summed E-state index contributed by atoms with van der Waals surface area (Å²) in [6, 6.07) is 11.7. The van der Waals surface area contributed by atoms with E-state index in [0.29, 0.717) is 17.3 Å². The van der Waals surface area contributed by atoms with Gasteiger partial charge in [0.05, 0.1) is 19.6 Å². The molecule has 5 heteroatoms. The zero-order chi connectivity index (χ0) is 18.3. The molecule has 2 aromatic rings. The largest absolute Gasteiger partial charge is 0.493 e. The SMILES string of the molecule is COc1cc2c(cc1OC)CN(C(=O)C1(c3cccc(Cl)c3)CC1)CC2. The van der Waals surface area contributed by atoms with E-state index in [0.717, 1.165) is 42.7 Å². The Balaban J connectivity index is 1.60. The third-order valence-corrected chi connectivity index (χ3v) is 5.78. The van der Waals surface area contributed by atoms with Crippen LogP contribution in [0.25, 0.3) is 0 Å². The quantitative estimate of drug-likeness (QED) is 0.816. The Morgan fingerprint density at radius 1 is 1.08 bits per heavy atom. The average Bonchev–Trinajstić information content (AvgIpc) is 3.47. The summed E-state index contributed by atoms with van der Waals surface area (Å²) < 4.78 is 10.8. The molecule has 26 heavy (non-hydrogen) atoms. The summed E-state index contributed by atoms with van der Waals surface area (Å²) in [6.45, 7) is 1.33. The third-order valence-electron chi connectivity index (χ3n) is 5.54.